The van der Waals surface area contributed by atoms with E-state index in [4.69, 9.17) is 9.47 Å². The van der Waals surface area contributed by atoms with E-state index in [0.717, 1.165) is 30.3 Å². The summed E-state index contributed by atoms with van der Waals surface area (Å²) in [4.78, 5) is 6.84. The maximum atomic E-state index is 5.59. The third kappa shape index (κ3) is 3.66. The van der Waals surface area contributed by atoms with Crippen molar-refractivity contribution in [2.75, 3.05) is 39.9 Å². The minimum atomic E-state index is 0.403. The zero-order valence-electron chi connectivity index (χ0n) is 13.0. The van der Waals surface area contributed by atoms with Crippen molar-refractivity contribution in [1.29, 1.82) is 0 Å². The van der Waals surface area contributed by atoms with Crippen LogP contribution in [0.25, 0.3) is 0 Å². The summed E-state index contributed by atoms with van der Waals surface area (Å²) in [6.07, 6.45) is 4.28. The lowest BCUT2D eigenvalue weighted by Crippen LogP contribution is -2.41. The Kier molecular flexibility index (Phi) is 4.31. The Hall–Kier alpha value is -1.33. The third-order valence-electron chi connectivity index (χ3n) is 4.54. The first kappa shape index (κ1) is 14.6. The fourth-order valence-corrected chi connectivity index (χ4v) is 2.91. The van der Waals surface area contributed by atoms with Gasteiger partial charge in [0.15, 0.2) is 11.5 Å². The Morgan fingerprint density at radius 1 is 1.24 bits per heavy atom. The quantitative estimate of drug-likeness (QED) is 0.914. The Morgan fingerprint density at radius 3 is 2.71 bits per heavy atom. The molecule has 0 spiro atoms. The highest BCUT2D eigenvalue weighted by Gasteiger charge is 2.28. The molecule has 5 heteroatoms. The van der Waals surface area contributed by atoms with Gasteiger partial charge < -0.3 is 19.7 Å². The van der Waals surface area contributed by atoms with E-state index in [1.165, 1.54) is 25.9 Å². The largest absolute Gasteiger partial charge is 0.486 e. The molecule has 0 aromatic carbocycles. The summed E-state index contributed by atoms with van der Waals surface area (Å²) < 4.78 is 11.1. The third-order valence-corrected chi connectivity index (χ3v) is 4.54. The molecule has 2 aliphatic rings. The molecule has 1 aromatic heterocycles. The van der Waals surface area contributed by atoms with Crippen LogP contribution in [-0.2, 0) is 6.54 Å². The molecule has 1 N–H and O–H groups in total. The van der Waals surface area contributed by atoms with Gasteiger partial charge in [-0.2, -0.15) is 0 Å². The highest BCUT2D eigenvalue weighted by molar-refractivity contribution is 5.39. The summed E-state index contributed by atoms with van der Waals surface area (Å²) in [5.41, 5.74) is 1.41. The molecule has 1 saturated heterocycles. The van der Waals surface area contributed by atoms with E-state index in [1.54, 1.807) is 6.20 Å². The van der Waals surface area contributed by atoms with E-state index in [2.05, 4.69) is 29.2 Å². The molecule has 0 amide bonds. The van der Waals surface area contributed by atoms with E-state index in [9.17, 15) is 0 Å². The minimum absolute atomic E-state index is 0.403. The van der Waals surface area contributed by atoms with Crippen LogP contribution in [0.1, 0.15) is 25.5 Å². The number of nitrogens with one attached hydrogen (secondary N) is 1. The SMILES string of the molecule is CN1CCC(C)(CNCc2cc3c(cn2)OCCO3)CC1. The molecular weight excluding hydrogens is 266 g/mol. The minimum Gasteiger partial charge on any atom is -0.486 e. The van der Waals surface area contributed by atoms with Gasteiger partial charge >= 0.3 is 0 Å². The van der Waals surface area contributed by atoms with Gasteiger partial charge in [-0.1, -0.05) is 6.92 Å². The van der Waals surface area contributed by atoms with Crippen molar-refractivity contribution in [3.8, 4) is 11.5 Å². The number of fused-ring (bicyclic) bond motifs is 1. The standard InChI is InChI=1S/C16H25N3O2/c1-16(3-5-19(2)6-4-16)12-17-10-13-9-14-15(11-18-13)21-8-7-20-14/h9,11,17H,3-8,10,12H2,1-2H3. The van der Waals surface area contributed by atoms with E-state index in [0.29, 0.717) is 18.6 Å². The maximum Gasteiger partial charge on any atom is 0.179 e. The van der Waals surface area contributed by atoms with Gasteiger partial charge in [-0.15, -0.1) is 0 Å². The van der Waals surface area contributed by atoms with Crippen LogP contribution in [0, 0.1) is 5.41 Å². The lowest BCUT2D eigenvalue weighted by Gasteiger charge is -2.38. The molecule has 0 bridgehead atoms. The number of likely N-dealkylation sites (tertiary alicyclic amines) is 1. The smallest absolute Gasteiger partial charge is 0.179 e. The van der Waals surface area contributed by atoms with Gasteiger partial charge in [-0.05, 0) is 38.4 Å². The van der Waals surface area contributed by atoms with Gasteiger partial charge in [-0.3, -0.25) is 4.98 Å². The average molecular weight is 291 g/mol. The Balaban J connectivity index is 1.51. The predicted molar refractivity (Wildman–Crippen MR) is 81.8 cm³/mol. The van der Waals surface area contributed by atoms with Crippen LogP contribution in [-0.4, -0.2) is 49.8 Å². The number of ether oxygens (including phenoxy) is 2. The van der Waals surface area contributed by atoms with Crippen LogP contribution < -0.4 is 14.8 Å². The van der Waals surface area contributed by atoms with Gasteiger partial charge in [0.05, 0.1) is 11.9 Å². The molecule has 3 rings (SSSR count). The monoisotopic (exact) mass is 291 g/mol. The summed E-state index contributed by atoms with van der Waals surface area (Å²) in [5.74, 6) is 1.57. The molecule has 1 aromatic rings. The first-order chi connectivity index (χ1) is 10.1. The second-order valence-electron chi connectivity index (χ2n) is 6.54. The molecule has 2 aliphatic heterocycles. The van der Waals surface area contributed by atoms with E-state index in [1.807, 2.05) is 6.07 Å². The fourth-order valence-electron chi connectivity index (χ4n) is 2.91. The van der Waals surface area contributed by atoms with Crippen molar-refractivity contribution in [2.24, 2.45) is 5.41 Å². The first-order valence-corrected chi connectivity index (χ1v) is 7.78. The summed E-state index contributed by atoms with van der Waals surface area (Å²) in [5, 5.41) is 3.56. The Bertz CT molecular complexity index is 484. The number of rotatable bonds is 4. The number of nitrogens with zero attached hydrogens (tertiary/aromatic N) is 2. The van der Waals surface area contributed by atoms with Crippen molar-refractivity contribution in [3.05, 3.63) is 18.0 Å². The number of hydrogen-bond acceptors (Lipinski definition) is 5. The van der Waals surface area contributed by atoms with Crippen molar-refractivity contribution >= 4 is 0 Å². The maximum absolute atomic E-state index is 5.59. The molecule has 0 saturated carbocycles. The zero-order chi connectivity index (χ0) is 14.7. The topological polar surface area (TPSA) is 46.6 Å². The lowest BCUT2D eigenvalue weighted by molar-refractivity contribution is 0.136. The second-order valence-corrected chi connectivity index (χ2v) is 6.54. The van der Waals surface area contributed by atoms with Crippen LogP contribution in [0.2, 0.25) is 0 Å². The number of hydrogen-bond donors (Lipinski definition) is 1. The molecule has 1 fully saturated rings. The highest BCUT2D eigenvalue weighted by atomic mass is 16.6. The Labute approximate surface area is 126 Å². The molecule has 0 unspecified atom stereocenters. The normalized spacial score (nSPS) is 21.2. The van der Waals surface area contributed by atoms with E-state index in [-0.39, 0.29) is 0 Å². The lowest BCUT2D eigenvalue weighted by atomic mass is 9.80. The average Bonchev–Trinajstić information content (AvgIpc) is 2.50. The van der Waals surface area contributed by atoms with Crippen molar-refractivity contribution in [2.45, 2.75) is 26.3 Å². The van der Waals surface area contributed by atoms with Crippen LogP contribution >= 0.6 is 0 Å². The molecule has 116 valence electrons. The van der Waals surface area contributed by atoms with Gasteiger partial charge in [0.25, 0.3) is 0 Å². The van der Waals surface area contributed by atoms with Crippen molar-refractivity contribution in [3.63, 3.8) is 0 Å². The summed E-state index contributed by atoms with van der Waals surface area (Å²) in [6.45, 7) is 7.82. The van der Waals surface area contributed by atoms with Crippen molar-refractivity contribution < 1.29 is 9.47 Å². The van der Waals surface area contributed by atoms with Gasteiger partial charge in [0, 0.05) is 19.2 Å². The highest BCUT2D eigenvalue weighted by Crippen LogP contribution is 2.30. The van der Waals surface area contributed by atoms with Gasteiger partial charge in [0.2, 0.25) is 0 Å². The first-order valence-electron chi connectivity index (χ1n) is 7.78. The molecule has 3 heterocycles. The van der Waals surface area contributed by atoms with Crippen molar-refractivity contribution in [1.82, 2.24) is 15.2 Å². The molecule has 0 atom stereocenters. The van der Waals surface area contributed by atoms with Crippen LogP contribution in [0.5, 0.6) is 11.5 Å². The van der Waals surface area contributed by atoms with Crippen LogP contribution in [0.15, 0.2) is 12.3 Å². The molecule has 0 aliphatic carbocycles. The number of pyridine rings is 1. The predicted octanol–water partition coefficient (Wildman–Crippen LogP) is 1.67. The summed E-state index contributed by atoms with van der Waals surface area (Å²) in [7, 11) is 2.20. The number of piperidine rings is 1. The zero-order valence-corrected chi connectivity index (χ0v) is 13.0. The Morgan fingerprint density at radius 2 is 1.95 bits per heavy atom. The van der Waals surface area contributed by atoms with Crippen LogP contribution in [0.4, 0.5) is 0 Å². The van der Waals surface area contributed by atoms with Crippen LogP contribution in [0.3, 0.4) is 0 Å². The molecule has 0 radical (unpaired) electrons. The van der Waals surface area contributed by atoms with Gasteiger partial charge in [0.1, 0.15) is 13.2 Å². The fraction of sp³-hybridized carbons (Fsp3) is 0.688. The molecule has 21 heavy (non-hydrogen) atoms. The van der Waals surface area contributed by atoms with Gasteiger partial charge in [-0.25, -0.2) is 0 Å². The van der Waals surface area contributed by atoms with E-state index < -0.39 is 0 Å². The summed E-state index contributed by atoms with van der Waals surface area (Å²) >= 11 is 0. The summed E-state index contributed by atoms with van der Waals surface area (Å²) in [6, 6.07) is 1.98. The number of aromatic nitrogens is 1. The molecule has 5 nitrogen and oxygen atoms in total. The van der Waals surface area contributed by atoms with E-state index >= 15 is 0 Å². The second kappa shape index (κ2) is 6.20. The molecular formula is C16H25N3O2.